The van der Waals surface area contributed by atoms with E-state index >= 15 is 0 Å². The number of hydrogen-bond acceptors (Lipinski definition) is 2. The van der Waals surface area contributed by atoms with Crippen LogP contribution in [-0.4, -0.2) is 23.3 Å². The van der Waals surface area contributed by atoms with Crippen molar-refractivity contribution in [2.75, 3.05) is 11.9 Å². The molecule has 0 aliphatic carbocycles. The second kappa shape index (κ2) is 8.05. The lowest BCUT2D eigenvalue weighted by molar-refractivity contribution is -0.116. The molecule has 2 aromatic carbocycles. The number of aromatic amines is 1. The van der Waals surface area contributed by atoms with E-state index in [1.807, 2.05) is 43.3 Å². The minimum atomic E-state index is -0.233. The molecule has 26 heavy (non-hydrogen) atoms. The number of benzene rings is 2. The molecule has 2 amide bonds. The molecule has 0 aliphatic heterocycles. The Morgan fingerprint density at radius 3 is 2.58 bits per heavy atom. The van der Waals surface area contributed by atoms with Crippen LogP contribution in [0.25, 0.3) is 10.9 Å². The number of fused-ring (bicyclic) bond motifs is 1. The molecule has 0 radical (unpaired) electrons. The molecule has 0 unspecified atom stereocenters. The maximum Gasteiger partial charge on any atom is 0.267 e. The summed E-state index contributed by atoms with van der Waals surface area (Å²) in [5, 5.41) is 6.58. The number of hydrogen-bond donors (Lipinski definition) is 3. The van der Waals surface area contributed by atoms with Crippen molar-refractivity contribution in [2.24, 2.45) is 0 Å². The fourth-order valence-corrected chi connectivity index (χ4v) is 3.27. The number of anilines is 1. The summed E-state index contributed by atoms with van der Waals surface area (Å²) in [5.41, 5.74) is 3.10. The van der Waals surface area contributed by atoms with E-state index in [9.17, 15) is 9.59 Å². The molecule has 5 nitrogen and oxygen atoms in total. The quantitative estimate of drug-likeness (QED) is 0.494. The van der Waals surface area contributed by atoms with Gasteiger partial charge >= 0.3 is 0 Å². The summed E-state index contributed by atoms with van der Waals surface area (Å²) in [6, 6.07) is 13.3. The number of aromatic nitrogens is 1. The molecule has 0 fully saturated rings. The summed E-state index contributed by atoms with van der Waals surface area (Å²) >= 11 is 6.79. The highest BCUT2D eigenvalue weighted by molar-refractivity contribution is 9.10. The number of halogens is 2. The standard InChI is InChI=1S/C19H17Br2N3O2/c1-11-2-4-13(20)9-15(11)24-18(25)6-7-22-19(26)17-8-12-3-5-14(21)10-16(12)23-17/h2-5,8-10,23H,6-7H2,1H3,(H,22,26)(H,24,25). The van der Waals surface area contributed by atoms with Crippen LogP contribution in [0.3, 0.4) is 0 Å². The Kier molecular flexibility index (Phi) is 5.78. The summed E-state index contributed by atoms with van der Waals surface area (Å²) in [6.45, 7) is 2.19. The van der Waals surface area contributed by atoms with Crippen molar-refractivity contribution in [3.05, 3.63) is 62.7 Å². The zero-order valence-electron chi connectivity index (χ0n) is 14.0. The van der Waals surface area contributed by atoms with E-state index in [2.05, 4.69) is 47.5 Å². The summed E-state index contributed by atoms with van der Waals surface area (Å²) in [4.78, 5) is 27.4. The SMILES string of the molecule is Cc1ccc(Br)cc1NC(=O)CCNC(=O)c1cc2ccc(Br)cc2[nH]1. The first-order valence-electron chi connectivity index (χ1n) is 8.05. The minimum Gasteiger partial charge on any atom is -0.350 e. The average Bonchev–Trinajstić information content (AvgIpc) is 3.01. The maximum atomic E-state index is 12.2. The Labute approximate surface area is 167 Å². The van der Waals surface area contributed by atoms with Gasteiger partial charge in [-0.25, -0.2) is 0 Å². The van der Waals surface area contributed by atoms with Crippen molar-refractivity contribution in [1.82, 2.24) is 10.3 Å². The first-order chi connectivity index (χ1) is 12.4. The van der Waals surface area contributed by atoms with E-state index < -0.39 is 0 Å². The number of amides is 2. The normalized spacial score (nSPS) is 10.7. The fourth-order valence-electron chi connectivity index (χ4n) is 2.55. The van der Waals surface area contributed by atoms with Gasteiger partial charge in [-0.15, -0.1) is 0 Å². The van der Waals surface area contributed by atoms with E-state index in [4.69, 9.17) is 0 Å². The Morgan fingerprint density at radius 2 is 1.77 bits per heavy atom. The largest absolute Gasteiger partial charge is 0.350 e. The zero-order chi connectivity index (χ0) is 18.7. The van der Waals surface area contributed by atoms with Gasteiger partial charge in [-0.1, -0.05) is 44.0 Å². The lowest BCUT2D eigenvalue weighted by atomic mass is 10.2. The topological polar surface area (TPSA) is 74.0 Å². The van der Waals surface area contributed by atoms with Crippen molar-refractivity contribution in [1.29, 1.82) is 0 Å². The number of carbonyl (C=O) groups excluding carboxylic acids is 2. The first-order valence-corrected chi connectivity index (χ1v) is 9.63. The summed E-state index contributed by atoms with van der Waals surface area (Å²) in [5.74, 6) is -0.379. The number of nitrogens with one attached hydrogen (secondary N) is 3. The second-order valence-electron chi connectivity index (χ2n) is 5.93. The molecule has 3 rings (SSSR count). The Balaban J connectivity index is 1.54. The van der Waals surface area contributed by atoms with Crippen molar-refractivity contribution in [3.63, 3.8) is 0 Å². The summed E-state index contributed by atoms with van der Waals surface area (Å²) in [6.07, 6.45) is 0.198. The van der Waals surface area contributed by atoms with E-state index in [0.29, 0.717) is 5.69 Å². The van der Waals surface area contributed by atoms with Crippen molar-refractivity contribution in [3.8, 4) is 0 Å². The monoisotopic (exact) mass is 477 g/mol. The van der Waals surface area contributed by atoms with E-state index in [1.54, 1.807) is 6.07 Å². The van der Waals surface area contributed by atoms with Gasteiger partial charge in [0.1, 0.15) is 5.69 Å². The number of aryl methyl sites for hydroxylation is 1. The number of H-pyrrole nitrogens is 1. The highest BCUT2D eigenvalue weighted by Crippen LogP contribution is 2.21. The van der Waals surface area contributed by atoms with Gasteiger partial charge in [-0.05, 0) is 42.8 Å². The van der Waals surface area contributed by atoms with Crippen LogP contribution in [-0.2, 0) is 4.79 Å². The third-order valence-electron chi connectivity index (χ3n) is 3.94. The van der Waals surface area contributed by atoms with Crippen LogP contribution in [0.5, 0.6) is 0 Å². The third kappa shape index (κ3) is 4.53. The van der Waals surface area contributed by atoms with Crippen LogP contribution in [0.2, 0.25) is 0 Å². The van der Waals surface area contributed by atoms with Crippen LogP contribution in [0.1, 0.15) is 22.5 Å². The molecule has 0 saturated carbocycles. The van der Waals surface area contributed by atoms with Gasteiger partial charge in [-0.3, -0.25) is 9.59 Å². The zero-order valence-corrected chi connectivity index (χ0v) is 17.2. The van der Waals surface area contributed by atoms with Gasteiger partial charge in [0.25, 0.3) is 5.91 Å². The third-order valence-corrected chi connectivity index (χ3v) is 4.93. The number of carbonyl (C=O) groups is 2. The van der Waals surface area contributed by atoms with Crippen LogP contribution >= 0.6 is 31.9 Å². The highest BCUT2D eigenvalue weighted by atomic mass is 79.9. The smallest absolute Gasteiger partial charge is 0.267 e. The molecule has 0 bridgehead atoms. The van der Waals surface area contributed by atoms with E-state index in [-0.39, 0.29) is 24.8 Å². The molecule has 134 valence electrons. The molecule has 0 atom stereocenters. The van der Waals surface area contributed by atoms with Crippen molar-refractivity contribution < 1.29 is 9.59 Å². The predicted molar refractivity (Wildman–Crippen MR) is 110 cm³/mol. The predicted octanol–water partition coefficient (Wildman–Crippen LogP) is 4.76. The van der Waals surface area contributed by atoms with Gasteiger partial charge < -0.3 is 15.6 Å². The Bertz CT molecular complexity index is 982. The van der Waals surface area contributed by atoms with Crippen LogP contribution in [0.15, 0.2) is 51.4 Å². The Hall–Kier alpha value is -2.12. The van der Waals surface area contributed by atoms with E-state index in [1.165, 1.54) is 0 Å². The van der Waals surface area contributed by atoms with Gasteiger partial charge in [-0.2, -0.15) is 0 Å². The van der Waals surface area contributed by atoms with Crippen LogP contribution < -0.4 is 10.6 Å². The average molecular weight is 479 g/mol. The second-order valence-corrected chi connectivity index (χ2v) is 7.76. The molecular formula is C19H17Br2N3O2. The van der Waals surface area contributed by atoms with Gasteiger partial charge in [0.15, 0.2) is 0 Å². The van der Waals surface area contributed by atoms with Crippen LogP contribution in [0.4, 0.5) is 5.69 Å². The molecular weight excluding hydrogens is 462 g/mol. The molecule has 0 spiro atoms. The maximum absolute atomic E-state index is 12.2. The lowest BCUT2D eigenvalue weighted by Gasteiger charge is -2.09. The Morgan fingerprint density at radius 1 is 1.04 bits per heavy atom. The highest BCUT2D eigenvalue weighted by Gasteiger charge is 2.11. The molecule has 1 aromatic heterocycles. The molecule has 0 saturated heterocycles. The van der Waals surface area contributed by atoms with E-state index in [0.717, 1.165) is 31.1 Å². The van der Waals surface area contributed by atoms with Crippen LogP contribution in [0, 0.1) is 6.92 Å². The van der Waals surface area contributed by atoms with Gasteiger partial charge in [0.05, 0.1) is 0 Å². The summed E-state index contributed by atoms with van der Waals surface area (Å²) < 4.78 is 1.84. The molecule has 3 N–H and O–H groups in total. The molecule has 3 aromatic rings. The lowest BCUT2D eigenvalue weighted by Crippen LogP contribution is -2.28. The molecule has 0 aliphatic rings. The summed E-state index contributed by atoms with van der Waals surface area (Å²) in [7, 11) is 0. The van der Waals surface area contributed by atoms with Crippen molar-refractivity contribution in [2.45, 2.75) is 13.3 Å². The fraction of sp³-hybridized carbons (Fsp3) is 0.158. The van der Waals surface area contributed by atoms with Crippen molar-refractivity contribution >= 4 is 60.3 Å². The number of rotatable bonds is 5. The molecule has 1 heterocycles. The van der Waals surface area contributed by atoms with Gasteiger partial charge in [0.2, 0.25) is 5.91 Å². The first kappa shape index (κ1) is 18.7. The van der Waals surface area contributed by atoms with Gasteiger partial charge in [0, 0.05) is 38.5 Å². The minimum absolute atomic E-state index is 0.146. The molecule has 7 heteroatoms.